The first-order valence-corrected chi connectivity index (χ1v) is 23.2. The second-order valence-electron chi connectivity index (χ2n) is 19.9. The minimum absolute atomic E-state index is 0.00210. The summed E-state index contributed by atoms with van der Waals surface area (Å²) in [6, 6.07) is 0. The van der Waals surface area contributed by atoms with Crippen LogP contribution in [0.4, 0.5) is 0 Å². The smallest absolute Gasteiger partial charge is 0.331 e. The predicted molar refractivity (Wildman–Crippen MR) is 217 cm³/mol. The van der Waals surface area contributed by atoms with Gasteiger partial charge in [0.05, 0.1) is 30.0 Å². The van der Waals surface area contributed by atoms with Gasteiger partial charge in [0, 0.05) is 43.1 Å². The van der Waals surface area contributed by atoms with Crippen LogP contribution in [-0.2, 0) is 85.6 Å². The van der Waals surface area contributed by atoms with Crippen LogP contribution in [0.3, 0.4) is 0 Å². The molecule has 0 spiro atoms. The third kappa shape index (κ3) is 8.95. The second kappa shape index (κ2) is 19.5. The minimum atomic E-state index is -1.08. The highest BCUT2D eigenvalue weighted by atomic mass is 16.8. The van der Waals surface area contributed by atoms with Crippen molar-refractivity contribution in [2.45, 2.75) is 197 Å². The second-order valence-corrected chi connectivity index (χ2v) is 19.9. The van der Waals surface area contributed by atoms with Gasteiger partial charge in [-0.3, -0.25) is 24.0 Å². The summed E-state index contributed by atoms with van der Waals surface area (Å²) in [6.07, 6.45) is -2.01. The molecule has 0 radical (unpaired) electrons. The highest BCUT2D eigenvalue weighted by Gasteiger charge is 2.71. The molecule has 19 heteroatoms. The van der Waals surface area contributed by atoms with E-state index >= 15 is 0 Å². The fraction of sp³-hybridized carbons (Fsp3) is 0.826. The fourth-order valence-electron chi connectivity index (χ4n) is 13.8. The van der Waals surface area contributed by atoms with Crippen molar-refractivity contribution < 1.29 is 90.7 Å². The first kappa shape index (κ1) is 47.8. The maximum Gasteiger partial charge on any atom is 0.331 e. The molecule has 3 saturated heterocycles. The van der Waals surface area contributed by atoms with Gasteiger partial charge in [0.2, 0.25) is 0 Å². The van der Waals surface area contributed by atoms with E-state index in [9.17, 15) is 33.9 Å². The van der Waals surface area contributed by atoms with E-state index in [0.717, 1.165) is 50.5 Å². The van der Waals surface area contributed by atoms with Crippen LogP contribution in [0.1, 0.15) is 105 Å². The summed E-state index contributed by atoms with van der Waals surface area (Å²) < 4.78 is 70.2. The molecule has 8 aliphatic rings. The molecule has 0 aromatic heterocycles. The number of hydrogen-bond donors (Lipinski definition) is 1. The number of esters is 1. The maximum atomic E-state index is 12.8. The van der Waals surface area contributed by atoms with Crippen molar-refractivity contribution in [3.8, 4) is 0 Å². The van der Waals surface area contributed by atoms with Crippen molar-refractivity contribution in [1.82, 2.24) is 0 Å². The molecule has 1 N–H and O–H groups in total. The molecule has 19 nitrogen and oxygen atoms in total. The van der Waals surface area contributed by atoms with Gasteiger partial charge in [-0.25, -0.2) is 4.79 Å². The molecule has 7 fully saturated rings. The zero-order valence-corrected chi connectivity index (χ0v) is 37.6. The summed E-state index contributed by atoms with van der Waals surface area (Å²) >= 11 is 0. The van der Waals surface area contributed by atoms with E-state index < -0.39 is 96.9 Å². The van der Waals surface area contributed by atoms with Gasteiger partial charge in [-0.05, 0) is 94.5 Å². The molecule has 0 bridgehead atoms. The quantitative estimate of drug-likeness (QED) is 0.0955. The lowest BCUT2D eigenvalue weighted by molar-refractivity contribution is -0.336. The molecule has 0 aromatic carbocycles. The number of hydrogen-bond acceptors (Lipinski definition) is 19. The van der Waals surface area contributed by atoms with Crippen molar-refractivity contribution in [2.75, 3.05) is 6.61 Å². The molecule has 8 rings (SSSR count). The van der Waals surface area contributed by atoms with Gasteiger partial charge in [-0.1, -0.05) is 13.8 Å². The molecule has 0 amide bonds. The van der Waals surface area contributed by atoms with E-state index in [0.29, 0.717) is 31.8 Å². The first-order valence-electron chi connectivity index (χ1n) is 23.2. The van der Waals surface area contributed by atoms with Crippen molar-refractivity contribution in [2.24, 2.45) is 34.5 Å². The zero-order chi connectivity index (χ0) is 46.3. The topological polar surface area (TPSA) is 233 Å². The largest absolute Gasteiger partial charge is 0.464 e. The van der Waals surface area contributed by atoms with Gasteiger partial charge >= 0.3 is 5.97 Å². The van der Waals surface area contributed by atoms with Crippen molar-refractivity contribution in [3.05, 3.63) is 11.6 Å². The van der Waals surface area contributed by atoms with E-state index in [-0.39, 0.29) is 68.1 Å². The van der Waals surface area contributed by atoms with Gasteiger partial charge < -0.3 is 61.9 Å². The Labute approximate surface area is 378 Å². The van der Waals surface area contributed by atoms with Crippen molar-refractivity contribution in [3.63, 3.8) is 0 Å². The van der Waals surface area contributed by atoms with Crippen LogP contribution >= 0.6 is 0 Å². The van der Waals surface area contributed by atoms with E-state index in [2.05, 4.69) is 13.8 Å². The molecule has 4 aliphatic heterocycles. The number of ether oxygens (including phenoxy) is 12. The van der Waals surface area contributed by atoms with E-state index in [1.165, 1.54) is 6.08 Å². The Kier molecular flexibility index (Phi) is 14.3. The van der Waals surface area contributed by atoms with E-state index in [1.807, 2.05) is 6.92 Å². The molecular formula is C46H64O19. The van der Waals surface area contributed by atoms with Crippen molar-refractivity contribution in [1.29, 1.82) is 0 Å². The van der Waals surface area contributed by atoms with Crippen LogP contribution in [0, 0.1) is 34.5 Å². The Morgan fingerprint density at radius 2 is 1.14 bits per heavy atom. The molecule has 21 atom stereocenters. The maximum absolute atomic E-state index is 12.8. The highest BCUT2D eigenvalue weighted by molar-refractivity contribution is 5.85. The Morgan fingerprint density at radius 1 is 0.615 bits per heavy atom. The van der Waals surface area contributed by atoms with E-state index in [1.54, 1.807) is 13.8 Å². The average Bonchev–Trinajstić information content (AvgIpc) is 3.78. The van der Waals surface area contributed by atoms with Crippen molar-refractivity contribution >= 4 is 38.3 Å². The Morgan fingerprint density at radius 3 is 1.68 bits per heavy atom. The summed E-state index contributed by atoms with van der Waals surface area (Å²) in [5.74, 6) is -0.118. The Balaban J connectivity index is 0.872. The fourth-order valence-corrected chi connectivity index (χ4v) is 13.8. The predicted octanol–water partition coefficient (Wildman–Crippen LogP) is 3.12. The zero-order valence-electron chi connectivity index (χ0n) is 37.6. The molecule has 65 heavy (non-hydrogen) atoms. The molecule has 4 heterocycles. The molecule has 4 aliphatic carbocycles. The van der Waals surface area contributed by atoms with Crippen LogP contribution < -0.4 is 0 Å². The van der Waals surface area contributed by atoms with Gasteiger partial charge in [0.1, 0.15) is 43.2 Å². The Bertz CT molecular complexity index is 1780. The molecular weight excluding hydrogens is 856 g/mol. The van der Waals surface area contributed by atoms with Crippen LogP contribution in [0.5, 0.6) is 0 Å². The first-order chi connectivity index (χ1) is 31.2. The van der Waals surface area contributed by atoms with Crippen LogP contribution in [0.2, 0.25) is 0 Å². The third-order valence-corrected chi connectivity index (χ3v) is 16.8. The molecule has 3 unspecified atom stereocenters. The average molecular weight is 921 g/mol. The SMILES string of the molecule is C[C@H]1O[C@@H](O[C@H]2[C@@H](OC=O)C[C@H](O[C@H]3[C@@H](OC=O)C[C@H](O[C@H]4CC[C@@]5(C)C(CCC6[C@@H]5CC[C@]5(C)[C@@H](C7=CC(=O)OC7)C(OC=O)C[C@]65O)C4)O[C@@H]3C)O[C@@H]2C)C[C@H](OC=O)[C@@H]1OC=O. The van der Waals surface area contributed by atoms with Gasteiger partial charge in [0.15, 0.2) is 25.0 Å². The molecule has 362 valence electrons. The van der Waals surface area contributed by atoms with E-state index in [4.69, 9.17) is 56.8 Å². The monoisotopic (exact) mass is 920 g/mol. The third-order valence-electron chi connectivity index (χ3n) is 16.8. The lowest BCUT2D eigenvalue weighted by Crippen LogP contribution is -2.62. The number of aliphatic hydroxyl groups is 1. The lowest BCUT2D eigenvalue weighted by atomic mass is 9.43. The van der Waals surface area contributed by atoms with Crippen LogP contribution in [0.25, 0.3) is 0 Å². The summed E-state index contributed by atoms with van der Waals surface area (Å²) in [5, 5.41) is 12.8. The molecule has 0 aromatic rings. The van der Waals surface area contributed by atoms with Gasteiger partial charge in [-0.2, -0.15) is 0 Å². The number of carbonyl (C=O) groups is 6. The number of carbonyl (C=O) groups excluding carboxylic acids is 6. The number of rotatable bonds is 17. The van der Waals surface area contributed by atoms with Gasteiger partial charge in [0.25, 0.3) is 32.4 Å². The molecule has 4 saturated carbocycles. The Hall–Kier alpha value is -3.72. The lowest BCUT2D eigenvalue weighted by Gasteiger charge is -2.63. The van der Waals surface area contributed by atoms with Gasteiger partial charge in [-0.15, -0.1) is 0 Å². The summed E-state index contributed by atoms with van der Waals surface area (Å²) in [5.41, 5.74) is -0.937. The standard InChI is InChI=1S/C46H64O19/c1-24-41(59-23-51)32(55-19-47)14-38(60-24)64-43-26(3)62-39(16-34(43)57-21-49)65-42-25(2)61-37(15-33(42)56-20-48)63-29-8-10-44(4)28(13-29)6-7-31-30(44)9-11-45(5)40(27-12-36(52)54-18-27)35(58-22-50)17-46(31,45)53/h12,19-26,28-35,37-43,53H,6-11,13-18H2,1-5H3/t24-,25-,26-,28?,29+,30+,31?,32+,33+,34+,35?,37+,38+,39+,40+,41-,42-,43-,44+,45-,46+/m1/s1. The summed E-state index contributed by atoms with van der Waals surface area (Å²) in [6.45, 7) is 11.5. The minimum Gasteiger partial charge on any atom is -0.464 e. The summed E-state index contributed by atoms with van der Waals surface area (Å²) in [7, 11) is 0. The normalized spacial score (nSPS) is 48.2. The van der Waals surface area contributed by atoms with Crippen LogP contribution in [0.15, 0.2) is 11.6 Å². The number of fused-ring (bicyclic) bond motifs is 5. The highest BCUT2D eigenvalue weighted by Crippen LogP contribution is 2.70. The van der Waals surface area contributed by atoms with Crippen LogP contribution in [-0.4, -0.2) is 142 Å². The number of cyclic esters (lactones) is 1. The summed E-state index contributed by atoms with van der Waals surface area (Å²) in [4.78, 5) is 69.6.